The van der Waals surface area contributed by atoms with E-state index in [9.17, 15) is 4.79 Å². The Kier molecular flexibility index (Phi) is 9.20. The van der Waals surface area contributed by atoms with E-state index < -0.39 is 5.54 Å². The van der Waals surface area contributed by atoms with Crippen LogP contribution in [0.15, 0.2) is 0 Å². The molecule has 3 N–H and O–H groups in total. The first-order valence-corrected chi connectivity index (χ1v) is 7.43. The zero-order chi connectivity index (χ0) is 14.6. The van der Waals surface area contributed by atoms with Crippen molar-refractivity contribution < 1.29 is 14.3 Å². The fourth-order valence-corrected chi connectivity index (χ4v) is 2.77. The van der Waals surface area contributed by atoms with E-state index in [0.29, 0.717) is 32.6 Å². The molecule has 2 fully saturated rings. The molecular formula is C14H29Cl2N3O3. The average Bonchev–Trinajstić information content (AvgIpc) is 2.38. The van der Waals surface area contributed by atoms with Crippen molar-refractivity contribution in [3.8, 4) is 0 Å². The number of ether oxygens (including phenoxy) is 2. The zero-order valence-electron chi connectivity index (χ0n) is 13.4. The highest BCUT2D eigenvalue weighted by molar-refractivity contribution is 5.86. The van der Waals surface area contributed by atoms with Gasteiger partial charge < -0.3 is 20.5 Å². The van der Waals surface area contributed by atoms with Crippen molar-refractivity contribution in [2.45, 2.75) is 37.8 Å². The number of amides is 1. The lowest BCUT2D eigenvalue weighted by Crippen LogP contribution is -2.58. The Morgan fingerprint density at radius 1 is 1.23 bits per heavy atom. The Morgan fingerprint density at radius 2 is 1.86 bits per heavy atom. The zero-order valence-corrected chi connectivity index (χ0v) is 15.1. The molecule has 0 aromatic heterocycles. The highest BCUT2D eigenvalue weighted by atomic mass is 35.5. The second kappa shape index (κ2) is 9.25. The van der Waals surface area contributed by atoms with Crippen molar-refractivity contribution >= 4 is 30.7 Å². The summed E-state index contributed by atoms with van der Waals surface area (Å²) in [6.07, 6.45) is 1.20. The molecule has 0 radical (unpaired) electrons. The lowest BCUT2D eigenvalue weighted by atomic mass is 9.90. The van der Waals surface area contributed by atoms with Gasteiger partial charge in [0.05, 0.1) is 17.7 Å². The Labute approximate surface area is 145 Å². The Balaban J connectivity index is 0.00000220. The molecule has 22 heavy (non-hydrogen) atoms. The fraction of sp³-hybridized carbons (Fsp3) is 0.929. The van der Waals surface area contributed by atoms with Crippen LogP contribution in [-0.4, -0.2) is 67.9 Å². The van der Waals surface area contributed by atoms with Gasteiger partial charge in [0.25, 0.3) is 0 Å². The number of halogens is 2. The van der Waals surface area contributed by atoms with E-state index in [2.05, 4.69) is 24.1 Å². The summed E-state index contributed by atoms with van der Waals surface area (Å²) < 4.78 is 10.9. The van der Waals surface area contributed by atoms with E-state index >= 15 is 0 Å². The van der Waals surface area contributed by atoms with Crippen molar-refractivity contribution in [2.75, 3.05) is 46.0 Å². The lowest BCUT2D eigenvalue weighted by Gasteiger charge is -2.38. The molecule has 132 valence electrons. The van der Waals surface area contributed by atoms with Gasteiger partial charge in [-0.25, -0.2) is 0 Å². The molecule has 2 aliphatic rings. The van der Waals surface area contributed by atoms with Crippen LogP contribution in [0.4, 0.5) is 0 Å². The quantitative estimate of drug-likeness (QED) is 0.768. The molecule has 0 bridgehead atoms. The van der Waals surface area contributed by atoms with Crippen LogP contribution < -0.4 is 11.1 Å². The van der Waals surface area contributed by atoms with E-state index in [0.717, 1.165) is 26.2 Å². The second-order valence-electron chi connectivity index (χ2n) is 6.41. The number of hydrogen-bond donors (Lipinski definition) is 2. The fourth-order valence-electron chi connectivity index (χ4n) is 2.77. The van der Waals surface area contributed by atoms with Crippen LogP contribution in [0.1, 0.15) is 26.7 Å². The molecule has 0 aliphatic carbocycles. The summed E-state index contributed by atoms with van der Waals surface area (Å²) in [6.45, 7) is 9.36. The summed E-state index contributed by atoms with van der Waals surface area (Å²) in [5.74, 6) is -0.0479. The maximum Gasteiger partial charge on any atom is 0.240 e. The molecule has 0 unspecified atom stereocenters. The molecule has 2 rings (SSSR count). The molecular weight excluding hydrogens is 329 g/mol. The third kappa shape index (κ3) is 6.18. The van der Waals surface area contributed by atoms with Crippen LogP contribution in [-0.2, 0) is 14.3 Å². The largest absolute Gasteiger partial charge is 0.381 e. The Hall–Kier alpha value is -0.110. The van der Waals surface area contributed by atoms with Crippen molar-refractivity contribution in [2.24, 2.45) is 5.73 Å². The smallest absolute Gasteiger partial charge is 0.240 e. The average molecular weight is 358 g/mol. The monoisotopic (exact) mass is 357 g/mol. The van der Waals surface area contributed by atoms with Gasteiger partial charge in [0, 0.05) is 39.4 Å². The van der Waals surface area contributed by atoms with Gasteiger partial charge in [-0.1, -0.05) is 0 Å². The molecule has 8 heteroatoms. The van der Waals surface area contributed by atoms with E-state index in [-0.39, 0.29) is 36.3 Å². The van der Waals surface area contributed by atoms with Crippen LogP contribution in [0, 0.1) is 0 Å². The first kappa shape index (κ1) is 21.9. The van der Waals surface area contributed by atoms with Crippen LogP contribution >= 0.6 is 24.8 Å². The number of carbonyl (C=O) groups excluding carboxylic acids is 1. The van der Waals surface area contributed by atoms with Gasteiger partial charge in [-0.2, -0.15) is 0 Å². The van der Waals surface area contributed by atoms with Crippen LogP contribution in [0.3, 0.4) is 0 Å². The van der Waals surface area contributed by atoms with E-state index in [1.165, 1.54) is 0 Å². The van der Waals surface area contributed by atoms with Gasteiger partial charge in [0.1, 0.15) is 0 Å². The van der Waals surface area contributed by atoms with Crippen molar-refractivity contribution in [3.05, 3.63) is 0 Å². The van der Waals surface area contributed by atoms with Crippen LogP contribution in [0.5, 0.6) is 0 Å². The van der Waals surface area contributed by atoms with E-state index in [1.807, 2.05) is 0 Å². The van der Waals surface area contributed by atoms with E-state index in [4.69, 9.17) is 15.2 Å². The molecule has 6 nitrogen and oxygen atoms in total. The summed E-state index contributed by atoms with van der Waals surface area (Å²) >= 11 is 0. The molecule has 0 spiro atoms. The van der Waals surface area contributed by atoms with Gasteiger partial charge in [-0.05, 0) is 26.7 Å². The maximum atomic E-state index is 12.2. The minimum atomic E-state index is -0.747. The summed E-state index contributed by atoms with van der Waals surface area (Å²) in [4.78, 5) is 14.5. The minimum absolute atomic E-state index is 0. The second-order valence-corrected chi connectivity index (χ2v) is 6.41. The third-order valence-electron chi connectivity index (χ3n) is 4.06. The predicted molar refractivity (Wildman–Crippen MR) is 90.9 cm³/mol. The first-order chi connectivity index (χ1) is 9.41. The topological polar surface area (TPSA) is 76.8 Å². The highest BCUT2D eigenvalue weighted by Gasteiger charge is 2.35. The van der Waals surface area contributed by atoms with Crippen LogP contribution in [0.2, 0.25) is 0 Å². The standard InChI is InChI=1S/C14H27N3O3.2ClH/c1-13(2)11-17(7-10-20-13)6-5-16-12(18)14(15)3-8-19-9-4-14;;/h3-11,15H2,1-2H3,(H,16,18);2*1H. The number of morpholine rings is 1. The van der Waals surface area contributed by atoms with Crippen LogP contribution in [0.25, 0.3) is 0 Å². The molecule has 0 aromatic carbocycles. The molecule has 0 saturated carbocycles. The molecule has 2 heterocycles. The third-order valence-corrected chi connectivity index (χ3v) is 4.06. The number of nitrogens with two attached hydrogens (primary N) is 1. The molecule has 1 amide bonds. The van der Waals surface area contributed by atoms with E-state index in [1.54, 1.807) is 0 Å². The molecule has 2 aliphatic heterocycles. The number of nitrogens with one attached hydrogen (secondary N) is 1. The minimum Gasteiger partial charge on any atom is -0.381 e. The molecule has 0 atom stereocenters. The first-order valence-electron chi connectivity index (χ1n) is 7.43. The SMILES string of the molecule is CC1(C)CN(CCNC(=O)C2(N)CCOCC2)CCO1.Cl.Cl. The summed E-state index contributed by atoms with van der Waals surface area (Å²) in [7, 11) is 0. The number of carbonyl (C=O) groups is 1. The van der Waals surface area contributed by atoms with Gasteiger partial charge in [0.2, 0.25) is 5.91 Å². The van der Waals surface area contributed by atoms with Gasteiger partial charge >= 0.3 is 0 Å². The van der Waals surface area contributed by atoms with Crippen molar-refractivity contribution in [1.82, 2.24) is 10.2 Å². The maximum absolute atomic E-state index is 12.2. The summed E-state index contributed by atoms with van der Waals surface area (Å²) in [5.41, 5.74) is 5.29. The van der Waals surface area contributed by atoms with Gasteiger partial charge in [-0.15, -0.1) is 24.8 Å². The summed E-state index contributed by atoms with van der Waals surface area (Å²) in [6, 6.07) is 0. The number of nitrogens with zero attached hydrogens (tertiary/aromatic N) is 1. The number of rotatable bonds is 4. The van der Waals surface area contributed by atoms with Crippen molar-refractivity contribution in [3.63, 3.8) is 0 Å². The Bertz CT molecular complexity index is 350. The molecule has 2 saturated heterocycles. The summed E-state index contributed by atoms with van der Waals surface area (Å²) in [5, 5.41) is 2.97. The lowest BCUT2D eigenvalue weighted by molar-refractivity contribution is -0.130. The molecule has 0 aromatic rings. The number of hydrogen-bond acceptors (Lipinski definition) is 5. The highest BCUT2D eigenvalue weighted by Crippen LogP contribution is 2.18. The predicted octanol–water partition coefficient (Wildman–Crippen LogP) is 0.565. The van der Waals surface area contributed by atoms with Crippen molar-refractivity contribution in [1.29, 1.82) is 0 Å². The van der Waals surface area contributed by atoms with Gasteiger partial charge in [0.15, 0.2) is 0 Å². The Morgan fingerprint density at radius 3 is 2.45 bits per heavy atom. The van der Waals surface area contributed by atoms with Gasteiger partial charge in [-0.3, -0.25) is 9.69 Å². The normalized spacial score (nSPS) is 23.8.